The summed E-state index contributed by atoms with van der Waals surface area (Å²) >= 11 is 0. The van der Waals surface area contributed by atoms with Crippen LogP contribution in [0.5, 0.6) is 0 Å². The molecule has 4 aliphatic heterocycles. The van der Waals surface area contributed by atoms with Crippen molar-refractivity contribution in [2.24, 2.45) is 17.2 Å². The van der Waals surface area contributed by atoms with Crippen molar-refractivity contribution in [3.63, 3.8) is 0 Å². The van der Waals surface area contributed by atoms with Crippen molar-refractivity contribution in [3.8, 4) is 0 Å². The number of aliphatic carboxylic acids is 1. The van der Waals surface area contributed by atoms with Crippen molar-refractivity contribution < 1.29 is 189 Å². The molecule has 3 atom stereocenters. The van der Waals surface area contributed by atoms with E-state index in [4.69, 9.17) is 55.5 Å². The van der Waals surface area contributed by atoms with Gasteiger partial charge in [-0.2, -0.15) is 79.0 Å². The molecule has 4 aliphatic rings. The van der Waals surface area contributed by atoms with Gasteiger partial charge in [-0.3, -0.25) is 4.79 Å². The summed E-state index contributed by atoms with van der Waals surface area (Å²) in [5.41, 5.74) is 6.49. The number of halogens is 21. The third-order valence-corrected chi connectivity index (χ3v) is 17.3. The molecule has 4 saturated heterocycles. The Hall–Kier alpha value is -8.14. The number of amides is 2. The second kappa shape index (κ2) is 46.8. The Labute approximate surface area is 692 Å². The van der Waals surface area contributed by atoms with Gasteiger partial charge in [0.1, 0.15) is 28.8 Å². The number of carboxylic acids is 1. The zero-order valence-electron chi connectivity index (χ0n) is 64.0. The molecule has 4 heterocycles. The van der Waals surface area contributed by atoms with Gasteiger partial charge in [0.15, 0.2) is 0 Å². The number of ketones is 1. The average Bonchev–Trinajstić information content (AvgIpc) is 1.65. The van der Waals surface area contributed by atoms with Gasteiger partial charge >= 0.3 is 84.6 Å². The molecule has 3 radical (unpaired) electrons. The number of ether oxygens (including phenoxy) is 6. The van der Waals surface area contributed by atoms with Crippen LogP contribution in [0.1, 0.15) is 126 Å². The SMILES string of the molecule is CC(=O)OOC(C)=O.CC(=O)[O-].NC(CNC1CCOCC1)(COCc1cc(C(F)(F)F)cc(C(F)(F)F)c1)c1ccc(F)cc1.NCC(N)(COCc1cc(C(F)(F)F)cc(C(F)(F)F)c1)c1ccc(F)cc1.O=C1CCOCC1.O=C1NC(COCc2cc(C(F)(F)F)cc(C(F)(F)F)c2)(c2ccc(F)cc2)CN1C1CCOCC1.[B].[Na+]. The number of urea groups is 1. The normalized spacial score (nSPS) is 17.1. The number of hydrogen-bond donors (Lipinski definition) is 5. The van der Waals surface area contributed by atoms with E-state index in [0.29, 0.717) is 124 Å². The van der Waals surface area contributed by atoms with Gasteiger partial charge in [0.05, 0.1) is 104 Å². The molecule has 20 nitrogen and oxygen atoms in total. The molecular formula is C76H82BF21N6NaO14. The number of carbonyl (C=O) groups is 5. The van der Waals surface area contributed by atoms with Crippen molar-refractivity contribution >= 4 is 38.1 Å². The molecule has 651 valence electrons. The summed E-state index contributed by atoms with van der Waals surface area (Å²) in [5.74, 6) is -3.52. The summed E-state index contributed by atoms with van der Waals surface area (Å²) in [6.45, 7) is 4.40. The number of Topliss-reactive ketones (excluding diaryl/α,β-unsaturated/α-hetero) is 1. The Bertz CT molecular complexity index is 4060. The second-order valence-corrected chi connectivity index (χ2v) is 26.8. The minimum absolute atomic E-state index is 0. The fourth-order valence-corrected chi connectivity index (χ4v) is 11.4. The predicted octanol–water partition coefficient (Wildman–Crippen LogP) is 10.4. The van der Waals surface area contributed by atoms with E-state index in [1.54, 1.807) is 4.90 Å². The molecule has 0 saturated carbocycles. The van der Waals surface area contributed by atoms with Gasteiger partial charge in [-0.25, -0.2) is 37.3 Å². The summed E-state index contributed by atoms with van der Waals surface area (Å²) < 4.78 is 307. The second-order valence-electron chi connectivity index (χ2n) is 26.8. The monoisotopic (exact) mass is 1740 g/mol. The van der Waals surface area contributed by atoms with Gasteiger partial charge in [-0.05, 0) is 157 Å². The molecule has 119 heavy (non-hydrogen) atoms. The number of nitrogens with one attached hydrogen (secondary N) is 2. The summed E-state index contributed by atoms with van der Waals surface area (Å²) in [6.07, 6.45) is -25.8. The standard InChI is InChI=1S/C24H23F7N2O3.C23H25F7N2O2.C18H17F7N2O.C5H8O2.C4H6O4.C2H4O2.B.Na/c25-19-3-1-16(2-4-19)22(13-33(21(34)32-22)20-5-7-35-8-6-20)14-36-12-15-9-17(23(26,27)28)11-18(10-15)24(29,30)31;24-19-3-1-16(2-4-19)21(31,13-32-20-5-7-33-8-6-20)14-34-12-15-9-17(22(25,26)27)11-18(10-15)23(28,29)30;19-15-3-1-12(2-4-15)16(27,9-26)10-28-8-11-5-13(17(20,21)22)7-14(6-11)18(23,24)25;6-5-1-3-7-4-2-5;1-3(5)7-8-4(2)6;1-2(3)4;;/h1-4,9-11,20H,5-8,12-14H2,(H,32,34);1-4,9-11,20,32H,5-8,12-14,31H2;1-7H,8-10,26-27H2;1-4H2;1-2H3;1H3,(H,3,4);;/q;;;;;;;+1/p-1. The smallest absolute Gasteiger partial charge is 0.550 e. The summed E-state index contributed by atoms with van der Waals surface area (Å²) in [5, 5.41) is 15.0. The van der Waals surface area contributed by atoms with Gasteiger partial charge in [-0.15, -0.1) is 0 Å². The minimum Gasteiger partial charge on any atom is -0.550 e. The quantitative estimate of drug-likeness (QED) is 0.0205. The number of carboxylic acid groups (broad SMARTS) is 1. The van der Waals surface area contributed by atoms with E-state index in [1.807, 2.05) is 0 Å². The number of rotatable bonds is 20. The Morgan fingerprint density at radius 1 is 0.487 bits per heavy atom. The van der Waals surface area contributed by atoms with Gasteiger partial charge in [-0.1, -0.05) is 36.4 Å². The van der Waals surface area contributed by atoms with Gasteiger partial charge in [0.25, 0.3) is 0 Å². The molecule has 0 aromatic heterocycles. The molecule has 6 aromatic carbocycles. The molecule has 6 aromatic rings. The van der Waals surface area contributed by atoms with Crippen LogP contribution in [0, 0.1) is 17.5 Å². The van der Waals surface area contributed by atoms with E-state index in [2.05, 4.69) is 20.4 Å². The molecule has 43 heteroatoms. The molecular weight excluding hydrogens is 1650 g/mol. The van der Waals surface area contributed by atoms with Crippen LogP contribution >= 0.6 is 0 Å². The summed E-state index contributed by atoms with van der Waals surface area (Å²) in [7, 11) is 0. The van der Waals surface area contributed by atoms with Crippen LogP contribution in [0.15, 0.2) is 127 Å². The van der Waals surface area contributed by atoms with E-state index >= 15 is 0 Å². The van der Waals surface area contributed by atoms with Gasteiger partial charge < -0.3 is 71.1 Å². The molecule has 2 amide bonds. The van der Waals surface area contributed by atoms with Crippen LogP contribution in [0.2, 0.25) is 0 Å². The van der Waals surface area contributed by atoms with Crippen LogP contribution in [0.25, 0.3) is 0 Å². The maximum Gasteiger partial charge on any atom is 1.00 e. The van der Waals surface area contributed by atoms with Crippen LogP contribution < -0.4 is 62.5 Å². The van der Waals surface area contributed by atoms with Gasteiger partial charge in [0.2, 0.25) is 0 Å². The first-order chi connectivity index (χ1) is 54.3. The van der Waals surface area contributed by atoms with E-state index in [1.165, 1.54) is 60.7 Å². The van der Waals surface area contributed by atoms with E-state index in [9.17, 15) is 111 Å². The fourth-order valence-electron chi connectivity index (χ4n) is 11.4. The van der Waals surface area contributed by atoms with Crippen molar-refractivity contribution in [2.75, 3.05) is 79.1 Å². The predicted molar refractivity (Wildman–Crippen MR) is 376 cm³/mol. The molecule has 0 bridgehead atoms. The maximum atomic E-state index is 13.6. The third-order valence-electron chi connectivity index (χ3n) is 17.3. The largest absolute Gasteiger partial charge is 1.00 e. The number of nitrogens with zero attached hydrogens (tertiary/aromatic N) is 1. The first-order valence-electron chi connectivity index (χ1n) is 35.1. The Morgan fingerprint density at radius 2 is 0.798 bits per heavy atom. The van der Waals surface area contributed by atoms with Crippen LogP contribution in [0.4, 0.5) is 97.0 Å². The third kappa shape index (κ3) is 35.8. The zero-order valence-corrected chi connectivity index (χ0v) is 66.0. The number of alkyl halides is 18. The van der Waals surface area contributed by atoms with Crippen molar-refractivity contribution in [2.45, 2.75) is 145 Å². The van der Waals surface area contributed by atoms with Crippen molar-refractivity contribution in [3.05, 3.63) is 212 Å². The first kappa shape index (κ1) is 105. The van der Waals surface area contributed by atoms with E-state index in [-0.39, 0.29) is 124 Å². The fraction of sp³-hybridized carbons (Fsp3) is 0.461. The van der Waals surface area contributed by atoms with Gasteiger partial charge in [0, 0.05) is 92.7 Å². The van der Waals surface area contributed by atoms with Crippen molar-refractivity contribution in [1.29, 1.82) is 0 Å². The number of carbonyl (C=O) groups excluding carboxylic acids is 5. The summed E-state index contributed by atoms with van der Waals surface area (Å²) in [4.78, 5) is 61.1. The Kier molecular flexibility index (Phi) is 41.3. The number of benzene rings is 6. The minimum atomic E-state index is -4.98. The van der Waals surface area contributed by atoms with Crippen molar-refractivity contribution in [1.82, 2.24) is 15.5 Å². The molecule has 10 rings (SSSR count). The topological polar surface area (TPSA) is 288 Å². The molecule has 3 unspecified atom stereocenters. The van der Waals surface area contributed by atoms with Crippen LogP contribution in [-0.2, 0) is 131 Å². The molecule has 0 spiro atoms. The van der Waals surface area contributed by atoms with E-state index in [0.717, 1.165) is 45.7 Å². The number of hydrogen-bond acceptors (Lipinski definition) is 18. The van der Waals surface area contributed by atoms with Crippen LogP contribution in [-0.4, -0.2) is 134 Å². The summed E-state index contributed by atoms with van der Waals surface area (Å²) in [6, 6.07) is 19.1. The van der Waals surface area contributed by atoms with E-state index < -0.39 is 148 Å². The zero-order chi connectivity index (χ0) is 87.5. The molecule has 4 fully saturated rings. The Morgan fingerprint density at radius 3 is 1.12 bits per heavy atom. The molecule has 8 N–H and O–H groups in total. The van der Waals surface area contributed by atoms with Crippen LogP contribution in [0.3, 0.4) is 0 Å². The number of nitrogens with two attached hydrogens (primary N) is 3. The molecule has 0 aliphatic carbocycles. The Balaban J connectivity index is 0.000000413. The average molecular weight is 1740 g/mol. The maximum absolute atomic E-state index is 13.6. The first-order valence-corrected chi connectivity index (χ1v) is 35.1.